The van der Waals surface area contributed by atoms with E-state index in [0.717, 1.165) is 50.0 Å². The first kappa shape index (κ1) is 33.0. The van der Waals surface area contributed by atoms with E-state index in [4.69, 9.17) is 9.39 Å². The molecule has 3 aromatic rings. The zero-order chi connectivity index (χ0) is 32.8. The fourth-order valence-corrected chi connectivity index (χ4v) is 7.02. The number of thiazole rings is 1. The molecule has 244 valence electrons. The number of aryl methyl sites for hydroxylation is 2. The lowest BCUT2D eigenvalue weighted by Crippen LogP contribution is -2.33. The number of unbranched alkanes of at least 4 members (excludes halogenated alkanes) is 2. The minimum absolute atomic E-state index is 0.0657. The highest BCUT2D eigenvalue weighted by Gasteiger charge is 2.32. The lowest BCUT2D eigenvalue weighted by Gasteiger charge is -2.31. The van der Waals surface area contributed by atoms with Crippen molar-refractivity contribution in [1.82, 2.24) is 5.06 Å². The number of non-ortho nitro benzene ring substituents is 1. The third-order valence-corrected chi connectivity index (χ3v) is 9.53. The Bertz CT molecular complexity index is 1790. The van der Waals surface area contributed by atoms with Gasteiger partial charge in [-0.15, -0.1) is 5.06 Å². The van der Waals surface area contributed by atoms with E-state index in [-0.39, 0.29) is 37.9 Å². The van der Waals surface area contributed by atoms with Crippen molar-refractivity contribution in [2.45, 2.75) is 64.3 Å². The molecule has 2 aromatic carbocycles. The number of amides is 2. The van der Waals surface area contributed by atoms with E-state index in [1.54, 1.807) is 10.6 Å². The van der Waals surface area contributed by atoms with Crippen LogP contribution in [0.15, 0.2) is 46.6 Å². The number of imide groups is 1. The first-order chi connectivity index (χ1) is 22.0. The van der Waals surface area contributed by atoms with E-state index >= 15 is 0 Å². The number of nitro benzene ring substituents is 1. The maximum atomic E-state index is 12.0. The SMILES string of the molecule is O=C(CCCCCN1CCCc2cc(N=Nc3sc4cc([N+](=O)[O-])ccc4[n+]3CCCS(=O)(=O)O)ccc21)ON1C(=O)CCC1=O. The average Bonchev–Trinajstić information content (AvgIpc) is 3.52. The molecule has 0 bridgehead atoms. The molecule has 46 heavy (non-hydrogen) atoms. The molecular formula is C29H33N6O9S2+. The number of hydrogen-bond donors (Lipinski definition) is 1. The number of nitro groups is 1. The summed E-state index contributed by atoms with van der Waals surface area (Å²) in [6.45, 7) is 1.90. The maximum Gasteiger partial charge on any atom is 0.409 e. The third kappa shape index (κ3) is 8.27. The predicted octanol–water partition coefficient (Wildman–Crippen LogP) is 4.71. The van der Waals surface area contributed by atoms with Crippen molar-refractivity contribution in [1.29, 1.82) is 0 Å². The second kappa shape index (κ2) is 14.4. The van der Waals surface area contributed by atoms with Gasteiger partial charge in [-0.25, -0.2) is 9.36 Å². The third-order valence-electron chi connectivity index (χ3n) is 7.70. The average molecular weight is 674 g/mol. The van der Waals surface area contributed by atoms with Crippen molar-refractivity contribution in [3.05, 3.63) is 52.1 Å². The Labute approximate surface area is 268 Å². The molecule has 2 amide bonds. The number of azo groups is 1. The van der Waals surface area contributed by atoms with Crippen LogP contribution in [0.2, 0.25) is 0 Å². The highest BCUT2D eigenvalue weighted by molar-refractivity contribution is 7.85. The minimum Gasteiger partial charge on any atom is -0.371 e. The number of carbonyl (C=O) groups excluding carboxylic acids is 3. The molecule has 2 aliphatic rings. The summed E-state index contributed by atoms with van der Waals surface area (Å²) in [6.07, 6.45) is 4.41. The number of hydroxylamine groups is 2. The van der Waals surface area contributed by atoms with Gasteiger partial charge in [-0.3, -0.25) is 24.3 Å². The minimum atomic E-state index is -4.15. The van der Waals surface area contributed by atoms with Gasteiger partial charge < -0.3 is 9.74 Å². The Balaban J connectivity index is 1.20. The fourth-order valence-electron chi connectivity index (χ4n) is 5.48. The van der Waals surface area contributed by atoms with E-state index < -0.39 is 38.6 Å². The molecule has 1 saturated heterocycles. The van der Waals surface area contributed by atoms with Gasteiger partial charge in [-0.1, -0.05) is 6.42 Å². The van der Waals surface area contributed by atoms with Crippen LogP contribution < -0.4 is 9.47 Å². The molecular weight excluding hydrogens is 640 g/mol. The topological polar surface area (TPSA) is 193 Å². The molecule has 0 spiro atoms. The van der Waals surface area contributed by atoms with E-state index in [2.05, 4.69) is 15.1 Å². The number of carbonyl (C=O) groups is 3. The van der Waals surface area contributed by atoms with Crippen LogP contribution in [0.25, 0.3) is 10.2 Å². The first-order valence-corrected chi connectivity index (χ1v) is 17.3. The summed E-state index contributed by atoms with van der Waals surface area (Å²) in [7, 11) is -4.15. The van der Waals surface area contributed by atoms with E-state index in [9.17, 15) is 32.9 Å². The van der Waals surface area contributed by atoms with Crippen LogP contribution in [-0.4, -0.2) is 59.6 Å². The van der Waals surface area contributed by atoms with Crippen molar-refractivity contribution in [3.8, 4) is 0 Å². The Morgan fingerprint density at radius 1 is 1.04 bits per heavy atom. The van der Waals surface area contributed by atoms with Crippen LogP contribution in [0.5, 0.6) is 0 Å². The van der Waals surface area contributed by atoms with Crippen LogP contribution >= 0.6 is 11.3 Å². The van der Waals surface area contributed by atoms with Gasteiger partial charge in [-0.2, -0.15) is 8.42 Å². The zero-order valence-electron chi connectivity index (χ0n) is 24.9. The second-order valence-corrected chi connectivity index (χ2v) is 13.6. The van der Waals surface area contributed by atoms with Crippen LogP contribution in [0, 0.1) is 10.1 Å². The Morgan fingerprint density at radius 2 is 1.83 bits per heavy atom. The van der Waals surface area contributed by atoms with Gasteiger partial charge in [0.15, 0.2) is 0 Å². The fraction of sp³-hybridized carbons (Fsp3) is 0.448. The van der Waals surface area contributed by atoms with Crippen molar-refractivity contribution in [3.63, 3.8) is 0 Å². The molecule has 1 fully saturated rings. The predicted molar refractivity (Wildman–Crippen MR) is 167 cm³/mol. The number of nitrogens with zero attached hydrogens (tertiary/aromatic N) is 6. The smallest absolute Gasteiger partial charge is 0.371 e. The molecule has 1 N–H and O–H groups in total. The maximum absolute atomic E-state index is 12.0. The lowest BCUT2D eigenvalue weighted by molar-refractivity contribution is -0.654. The molecule has 17 heteroatoms. The Hall–Kier alpha value is -4.35. The molecule has 0 saturated carbocycles. The van der Waals surface area contributed by atoms with Crippen LogP contribution in [0.4, 0.5) is 22.2 Å². The highest BCUT2D eigenvalue weighted by Crippen LogP contribution is 2.34. The number of hydrogen-bond acceptors (Lipinski definition) is 12. The molecule has 0 radical (unpaired) electrons. The molecule has 0 aliphatic carbocycles. The summed E-state index contributed by atoms with van der Waals surface area (Å²) in [4.78, 5) is 53.2. The van der Waals surface area contributed by atoms with Gasteiger partial charge in [0.25, 0.3) is 27.6 Å². The molecule has 15 nitrogen and oxygen atoms in total. The second-order valence-electron chi connectivity index (χ2n) is 11.0. The van der Waals surface area contributed by atoms with Gasteiger partial charge in [0.05, 0.1) is 27.0 Å². The van der Waals surface area contributed by atoms with Crippen molar-refractivity contribution >= 4 is 71.6 Å². The first-order valence-electron chi connectivity index (χ1n) is 14.9. The van der Waals surface area contributed by atoms with Crippen molar-refractivity contribution in [2.24, 2.45) is 10.2 Å². The van der Waals surface area contributed by atoms with Crippen molar-refractivity contribution < 1.29 is 41.7 Å². The summed E-state index contributed by atoms with van der Waals surface area (Å²) in [5.41, 5.74) is 3.43. The van der Waals surface area contributed by atoms with Gasteiger partial charge in [0, 0.05) is 56.6 Å². The standard InChI is InChI=1S/C29H32N6O9S2/c36-26-12-13-27(37)34(26)44-28(38)7-2-1-3-14-32-15-4-6-20-18-21(8-10-23(20)32)30-31-29-33(16-5-17-46(41,42)43)24-11-9-22(35(39)40)19-25(24)45-29/h8-11,18-19H,1-7,12-17H2/p+1. The van der Waals surface area contributed by atoms with E-state index in [1.165, 1.54) is 23.5 Å². The summed E-state index contributed by atoms with van der Waals surface area (Å²) in [6, 6.07) is 10.2. The zero-order valence-corrected chi connectivity index (χ0v) is 26.5. The molecule has 0 atom stereocenters. The number of benzene rings is 2. The largest absolute Gasteiger partial charge is 0.409 e. The lowest BCUT2D eigenvalue weighted by atomic mass is 10.0. The summed E-state index contributed by atoms with van der Waals surface area (Å²) in [5, 5.41) is 21.2. The van der Waals surface area contributed by atoms with Gasteiger partial charge >= 0.3 is 11.1 Å². The number of aromatic nitrogens is 1. The molecule has 0 unspecified atom stereocenters. The molecule has 1 aromatic heterocycles. The summed E-state index contributed by atoms with van der Waals surface area (Å²) < 4.78 is 34.0. The molecule has 5 rings (SSSR count). The highest BCUT2D eigenvalue weighted by atomic mass is 32.2. The normalized spacial score (nSPS) is 15.2. The number of anilines is 1. The summed E-state index contributed by atoms with van der Waals surface area (Å²) >= 11 is 1.20. The van der Waals surface area contributed by atoms with Gasteiger partial charge in [-0.05, 0) is 72.0 Å². The Kier molecular flexibility index (Phi) is 10.3. The quantitative estimate of drug-likeness (QED) is 0.0476. The van der Waals surface area contributed by atoms with Crippen LogP contribution in [0.3, 0.4) is 0 Å². The molecule has 2 aliphatic heterocycles. The Morgan fingerprint density at radius 3 is 2.57 bits per heavy atom. The number of fused-ring (bicyclic) bond motifs is 2. The monoisotopic (exact) mass is 673 g/mol. The summed E-state index contributed by atoms with van der Waals surface area (Å²) in [5.74, 6) is -2.00. The molecule has 3 heterocycles. The van der Waals surface area contributed by atoms with Crippen LogP contribution in [-0.2, 0) is 42.3 Å². The van der Waals surface area contributed by atoms with Crippen molar-refractivity contribution in [2.75, 3.05) is 23.7 Å². The number of rotatable bonds is 14. The van der Waals surface area contributed by atoms with Crippen LogP contribution in [0.1, 0.15) is 56.9 Å². The van der Waals surface area contributed by atoms with Gasteiger partial charge in [0.2, 0.25) is 0 Å². The van der Waals surface area contributed by atoms with E-state index in [0.29, 0.717) is 32.5 Å². The van der Waals surface area contributed by atoms with E-state index in [1.807, 2.05) is 18.2 Å². The van der Waals surface area contributed by atoms with Gasteiger partial charge in [0.1, 0.15) is 11.2 Å².